The van der Waals surface area contributed by atoms with E-state index in [-0.39, 0.29) is 6.10 Å². The first-order chi connectivity index (χ1) is 17.3. The van der Waals surface area contributed by atoms with Crippen molar-refractivity contribution in [3.63, 3.8) is 0 Å². The van der Waals surface area contributed by atoms with Gasteiger partial charge in [-0.1, -0.05) is 108 Å². The molecule has 1 aliphatic rings. The number of hydrogen-bond acceptors (Lipinski definition) is 5. The highest BCUT2D eigenvalue weighted by Crippen LogP contribution is 2.25. The predicted molar refractivity (Wildman–Crippen MR) is 144 cm³/mol. The van der Waals surface area contributed by atoms with Gasteiger partial charge in [0.05, 0.1) is 24.7 Å². The third-order valence-corrected chi connectivity index (χ3v) is 7.75. The summed E-state index contributed by atoms with van der Waals surface area (Å²) in [6.07, 6.45) is 25.2. The summed E-state index contributed by atoms with van der Waals surface area (Å²) < 4.78 is 18.4. The summed E-state index contributed by atoms with van der Waals surface area (Å²) in [6, 6.07) is 0. The zero-order valence-electron chi connectivity index (χ0n) is 22.4. The maximum atomic E-state index is 11.8. The van der Waals surface area contributed by atoms with E-state index in [0.29, 0.717) is 19.1 Å². The van der Waals surface area contributed by atoms with E-state index in [0.717, 1.165) is 32.4 Å². The molecule has 0 spiro atoms. The first-order valence-electron chi connectivity index (χ1n) is 14.6. The molecule has 5 nitrogen and oxygen atoms in total. The minimum absolute atomic E-state index is 0.0363. The molecule has 0 N–H and O–H groups in total. The molecule has 1 fully saturated rings. The van der Waals surface area contributed by atoms with Crippen LogP contribution in [0.3, 0.4) is 0 Å². The average Bonchev–Trinajstić information content (AvgIpc) is 3.55. The van der Waals surface area contributed by atoms with Crippen LogP contribution in [-0.2, 0) is 20.8 Å². The first kappa shape index (κ1) is 30.1. The van der Waals surface area contributed by atoms with Crippen molar-refractivity contribution in [1.82, 2.24) is 0 Å². The van der Waals surface area contributed by atoms with E-state index in [2.05, 4.69) is 28.6 Å². The Morgan fingerprint density at radius 1 is 0.886 bits per heavy atom. The topological polar surface area (TPSA) is 48.6 Å². The number of hydrogen-bond donors (Lipinski definition) is 0. The highest BCUT2D eigenvalue weighted by atomic mass is 32.1. The average molecular weight is 511 g/mol. The molecule has 1 aliphatic heterocycles. The maximum Gasteiger partial charge on any atom is 0.508 e. The molecule has 0 saturated carbocycles. The summed E-state index contributed by atoms with van der Waals surface area (Å²) in [7, 11) is 0. The number of rotatable bonds is 22. The third-order valence-electron chi connectivity index (χ3n) is 7.07. The highest BCUT2D eigenvalue weighted by Gasteiger charge is 2.26. The highest BCUT2D eigenvalue weighted by molar-refractivity contribution is 7.07. The van der Waals surface area contributed by atoms with E-state index in [1.807, 2.05) is 0 Å². The summed E-state index contributed by atoms with van der Waals surface area (Å²) >= 11 is 1.68. The van der Waals surface area contributed by atoms with Gasteiger partial charge in [0.15, 0.2) is 6.20 Å². The van der Waals surface area contributed by atoms with Crippen molar-refractivity contribution >= 4 is 17.5 Å². The van der Waals surface area contributed by atoms with Crippen molar-refractivity contribution in [2.45, 2.75) is 135 Å². The molecular weight excluding hydrogens is 458 g/mol. The summed E-state index contributed by atoms with van der Waals surface area (Å²) in [5.74, 6) is 0.617. The second-order valence-corrected chi connectivity index (χ2v) is 11.1. The van der Waals surface area contributed by atoms with Crippen molar-refractivity contribution in [2.24, 2.45) is 5.92 Å². The molecule has 2 rings (SSSR count). The Morgan fingerprint density at radius 3 is 2.17 bits per heavy atom. The molecule has 0 aromatic carbocycles. The summed E-state index contributed by atoms with van der Waals surface area (Å²) in [5, 5.41) is 2.06. The number of ether oxygens (including phenoxy) is 3. The van der Waals surface area contributed by atoms with Gasteiger partial charge in [0, 0.05) is 6.42 Å². The fourth-order valence-corrected chi connectivity index (χ4v) is 5.50. The number of unbranched alkanes of at least 4 members (excludes halogenated alkanes) is 14. The third kappa shape index (κ3) is 16.3. The molecule has 202 valence electrons. The smallest absolute Gasteiger partial charge is 0.434 e. The molecule has 35 heavy (non-hydrogen) atoms. The van der Waals surface area contributed by atoms with Crippen LogP contribution in [0.15, 0.2) is 17.1 Å². The molecule has 0 radical (unpaired) electrons. The van der Waals surface area contributed by atoms with Crippen molar-refractivity contribution in [2.75, 3.05) is 19.8 Å². The molecule has 1 aromatic rings. The molecule has 1 aromatic heterocycles. The van der Waals surface area contributed by atoms with E-state index >= 15 is 0 Å². The Balaban J connectivity index is 1.31. The van der Waals surface area contributed by atoms with Gasteiger partial charge in [-0.25, -0.2) is 4.79 Å². The van der Waals surface area contributed by atoms with E-state index in [9.17, 15) is 4.79 Å². The molecule has 1 saturated heterocycles. The fraction of sp³-hybridized carbons (Fsp3) is 0.862. The van der Waals surface area contributed by atoms with Gasteiger partial charge in [-0.15, -0.1) is 0 Å². The largest absolute Gasteiger partial charge is 0.508 e. The van der Waals surface area contributed by atoms with Crippen LogP contribution in [0.2, 0.25) is 0 Å². The number of nitrogens with zero attached hydrogens (tertiary/aromatic N) is 1. The lowest BCUT2D eigenvalue weighted by Gasteiger charge is -2.11. The van der Waals surface area contributed by atoms with Gasteiger partial charge in [0.1, 0.15) is 13.2 Å². The molecule has 2 unspecified atom stereocenters. The van der Waals surface area contributed by atoms with Crippen molar-refractivity contribution < 1.29 is 23.6 Å². The van der Waals surface area contributed by atoms with Gasteiger partial charge in [-0.05, 0) is 25.2 Å². The number of thiazole rings is 1. The SMILES string of the molecule is CCCCCCCCCCCCCCCCC1COC(COC(=O)OCCCC[n+]2ccsc2)C1. The van der Waals surface area contributed by atoms with Crippen molar-refractivity contribution in [3.05, 3.63) is 17.1 Å². The lowest BCUT2D eigenvalue weighted by molar-refractivity contribution is -0.692. The fourth-order valence-electron chi connectivity index (χ4n) is 4.87. The lowest BCUT2D eigenvalue weighted by Crippen LogP contribution is -2.29. The Bertz CT molecular complexity index is 610. The second kappa shape index (κ2) is 21.0. The monoisotopic (exact) mass is 510 g/mol. The number of carbonyl (C=O) groups is 1. The quantitative estimate of drug-likeness (QED) is 0.0895. The molecule has 0 aliphatic carbocycles. The van der Waals surface area contributed by atoms with Crippen molar-refractivity contribution in [1.29, 1.82) is 0 Å². The molecular formula is C29H52NO4S+. The Labute approximate surface area is 218 Å². The van der Waals surface area contributed by atoms with Gasteiger partial charge in [0.25, 0.3) is 0 Å². The predicted octanol–water partition coefficient (Wildman–Crippen LogP) is 8.25. The normalized spacial score (nSPS) is 17.6. The van der Waals surface area contributed by atoms with Gasteiger partial charge in [0.2, 0.25) is 5.51 Å². The van der Waals surface area contributed by atoms with Crippen LogP contribution in [0.25, 0.3) is 0 Å². The van der Waals surface area contributed by atoms with E-state index in [1.165, 1.54) is 96.3 Å². The van der Waals surface area contributed by atoms with Crippen LogP contribution in [0, 0.1) is 5.92 Å². The van der Waals surface area contributed by atoms with E-state index in [1.54, 1.807) is 11.3 Å². The zero-order valence-corrected chi connectivity index (χ0v) is 23.2. The van der Waals surface area contributed by atoms with E-state index in [4.69, 9.17) is 14.2 Å². The van der Waals surface area contributed by atoms with Crippen LogP contribution in [-0.4, -0.2) is 32.1 Å². The van der Waals surface area contributed by atoms with Gasteiger partial charge in [-0.2, -0.15) is 4.57 Å². The summed E-state index contributed by atoms with van der Waals surface area (Å²) in [5.41, 5.74) is 2.09. The molecule has 0 amide bonds. The van der Waals surface area contributed by atoms with Crippen LogP contribution in [0.1, 0.15) is 122 Å². The minimum atomic E-state index is -0.563. The maximum absolute atomic E-state index is 11.8. The first-order valence-corrected chi connectivity index (χ1v) is 15.5. The summed E-state index contributed by atoms with van der Waals surface area (Å²) in [4.78, 5) is 11.8. The van der Waals surface area contributed by atoms with Crippen LogP contribution >= 0.6 is 11.3 Å². The van der Waals surface area contributed by atoms with Crippen LogP contribution < -0.4 is 4.57 Å². The van der Waals surface area contributed by atoms with Crippen LogP contribution in [0.4, 0.5) is 4.79 Å². The zero-order chi connectivity index (χ0) is 24.8. The Hall–Kier alpha value is -1.14. The minimum Gasteiger partial charge on any atom is -0.434 e. The standard InChI is InChI=1S/C29H52NO4S/c1-2-3-4-5-6-7-8-9-10-11-12-13-14-15-18-27-23-28(33-24-27)25-34-29(31)32-21-17-16-19-30-20-22-35-26-30/h20,22,26-28H,2-19,21,23-25H2,1H3/q+1. The number of carbonyl (C=O) groups excluding carboxylic acids is 1. The van der Waals surface area contributed by atoms with Gasteiger partial charge < -0.3 is 14.2 Å². The molecule has 2 heterocycles. The number of aromatic nitrogens is 1. The molecule has 2 atom stereocenters. The second-order valence-electron chi connectivity index (χ2n) is 10.3. The Kier molecular flexibility index (Phi) is 18.0. The van der Waals surface area contributed by atoms with Gasteiger partial charge in [-0.3, -0.25) is 0 Å². The number of aryl methyl sites for hydroxylation is 1. The van der Waals surface area contributed by atoms with Gasteiger partial charge >= 0.3 is 6.16 Å². The van der Waals surface area contributed by atoms with E-state index < -0.39 is 6.16 Å². The molecule has 6 heteroatoms. The Morgan fingerprint density at radius 2 is 1.54 bits per heavy atom. The molecule has 0 bridgehead atoms. The van der Waals surface area contributed by atoms with Crippen LogP contribution in [0.5, 0.6) is 0 Å². The summed E-state index contributed by atoms with van der Waals surface area (Å²) in [6.45, 7) is 4.78. The lowest BCUT2D eigenvalue weighted by atomic mass is 9.97. The van der Waals surface area contributed by atoms with Crippen molar-refractivity contribution in [3.8, 4) is 0 Å².